The number of rotatable bonds is 5. The third-order valence-electron chi connectivity index (χ3n) is 2.54. The van der Waals surface area contributed by atoms with Crippen LogP contribution in [0.4, 0.5) is 0 Å². The largest absolute Gasteiger partial charge is 0.244 e. The molecule has 0 aliphatic rings. The lowest BCUT2D eigenvalue weighted by Gasteiger charge is -2.03. The van der Waals surface area contributed by atoms with Crippen molar-refractivity contribution >= 4 is 34.7 Å². The van der Waals surface area contributed by atoms with Crippen LogP contribution in [0.5, 0.6) is 0 Å². The molecule has 3 aromatic rings. The van der Waals surface area contributed by atoms with Gasteiger partial charge in [0, 0.05) is 16.8 Å². The first kappa shape index (κ1) is 13.5. The summed E-state index contributed by atoms with van der Waals surface area (Å²) in [6.07, 6.45) is 1.77. The normalized spacial score (nSPS) is 10.8. The Morgan fingerprint density at radius 2 is 2.25 bits per heavy atom. The molecular weight excluding hydrogens is 314 g/mol. The van der Waals surface area contributed by atoms with Gasteiger partial charge in [0.2, 0.25) is 5.16 Å². The van der Waals surface area contributed by atoms with Gasteiger partial charge in [-0.2, -0.15) is 0 Å². The first-order valence-corrected chi connectivity index (χ1v) is 8.07. The molecule has 0 atom stereocenters. The molecule has 3 heterocycles. The molecule has 0 amide bonds. The number of aromatic nitrogens is 5. The van der Waals surface area contributed by atoms with Gasteiger partial charge in [-0.3, -0.25) is 0 Å². The van der Waals surface area contributed by atoms with Crippen molar-refractivity contribution in [1.82, 2.24) is 25.2 Å². The average Bonchev–Trinajstić information content (AvgIpc) is 3.11. The smallest absolute Gasteiger partial charge is 0.209 e. The van der Waals surface area contributed by atoms with E-state index in [-0.39, 0.29) is 0 Å². The summed E-state index contributed by atoms with van der Waals surface area (Å²) in [5.41, 5.74) is 1.09. The van der Waals surface area contributed by atoms with E-state index < -0.39 is 0 Å². The molecule has 102 valence electrons. The van der Waals surface area contributed by atoms with Crippen molar-refractivity contribution in [2.45, 2.75) is 17.5 Å². The molecule has 0 unspecified atom stereocenters. The Kier molecular flexibility index (Phi) is 4.29. The molecular formula is C12H10ClN5S2. The predicted molar refractivity (Wildman–Crippen MR) is 80.0 cm³/mol. The van der Waals surface area contributed by atoms with Crippen molar-refractivity contribution in [3.05, 3.63) is 51.4 Å². The summed E-state index contributed by atoms with van der Waals surface area (Å²) in [5.74, 6) is 0.759. The standard InChI is InChI=1S/C12H10ClN5S2/c13-11-4-3-9(6-14-11)8-20-12-15-16-17-18(12)7-10-2-1-5-19-10/h1-6H,7-8H2. The van der Waals surface area contributed by atoms with Crippen LogP contribution >= 0.6 is 34.7 Å². The molecule has 5 nitrogen and oxygen atoms in total. The zero-order valence-electron chi connectivity index (χ0n) is 10.3. The molecule has 0 aliphatic carbocycles. The van der Waals surface area contributed by atoms with Crippen molar-refractivity contribution < 1.29 is 0 Å². The number of thioether (sulfide) groups is 1. The summed E-state index contributed by atoms with van der Waals surface area (Å²) in [5, 5.41) is 15.2. The van der Waals surface area contributed by atoms with E-state index in [1.54, 1.807) is 40.0 Å². The minimum atomic E-state index is 0.501. The number of hydrogen-bond donors (Lipinski definition) is 0. The molecule has 0 saturated carbocycles. The summed E-state index contributed by atoms with van der Waals surface area (Å²) in [6, 6.07) is 7.84. The Morgan fingerprint density at radius 3 is 3.00 bits per heavy atom. The lowest BCUT2D eigenvalue weighted by Crippen LogP contribution is -2.02. The molecule has 8 heteroatoms. The minimum Gasteiger partial charge on any atom is -0.244 e. The van der Waals surface area contributed by atoms with Gasteiger partial charge in [0.05, 0.1) is 6.54 Å². The van der Waals surface area contributed by atoms with Crippen molar-refractivity contribution in [1.29, 1.82) is 0 Å². The maximum absolute atomic E-state index is 5.76. The lowest BCUT2D eigenvalue weighted by atomic mass is 10.3. The predicted octanol–water partition coefficient (Wildman–Crippen LogP) is 3.12. The van der Waals surface area contributed by atoms with Gasteiger partial charge < -0.3 is 0 Å². The molecule has 0 bridgehead atoms. The van der Waals surface area contributed by atoms with Crippen molar-refractivity contribution in [3.63, 3.8) is 0 Å². The van der Waals surface area contributed by atoms with Crippen LogP contribution in [-0.4, -0.2) is 25.2 Å². The maximum atomic E-state index is 5.76. The molecule has 0 radical (unpaired) electrons. The van der Waals surface area contributed by atoms with Gasteiger partial charge in [0.25, 0.3) is 0 Å². The van der Waals surface area contributed by atoms with Crippen molar-refractivity contribution in [2.24, 2.45) is 0 Å². The number of hydrogen-bond acceptors (Lipinski definition) is 6. The molecule has 20 heavy (non-hydrogen) atoms. The minimum absolute atomic E-state index is 0.501. The molecule has 0 aliphatic heterocycles. The van der Waals surface area contributed by atoms with E-state index in [0.717, 1.165) is 16.5 Å². The molecule has 0 aromatic carbocycles. The van der Waals surface area contributed by atoms with Crippen LogP contribution in [-0.2, 0) is 12.3 Å². The van der Waals surface area contributed by atoms with Gasteiger partial charge in [0.1, 0.15) is 5.15 Å². The monoisotopic (exact) mass is 323 g/mol. The number of halogens is 1. The second-order valence-corrected chi connectivity index (χ2v) is 6.34. The summed E-state index contributed by atoms with van der Waals surface area (Å²) in [6.45, 7) is 0.700. The quantitative estimate of drug-likeness (QED) is 0.533. The van der Waals surface area contributed by atoms with E-state index in [2.05, 4.69) is 26.6 Å². The first-order valence-electron chi connectivity index (χ1n) is 5.83. The number of pyridine rings is 1. The Morgan fingerprint density at radius 1 is 1.30 bits per heavy atom. The van der Waals surface area contributed by atoms with Crippen LogP contribution in [0.25, 0.3) is 0 Å². The molecule has 0 spiro atoms. The van der Waals surface area contributed by atoms with Gasteiger partial charge >= 0.3 is 0 Å². The molecule has 0 fully saturated rings. The third kappa shape index (κ3) is 3.36. The summed E-state index contributed by atoms with van der Waals surface area (Å²) >= 11 is 9.04. The number of tetrazole rings is 1. The van der Waals surface area contributed by atoms with Gasteiger partial charge in [-0.25, -0.2) is 9.67 Å². The molecule has 3 rings (SSSR count). The van der Waals surface area contributed by atoms with Crippen molar-refractivity contribution in [2.75, 3.05) is 0 Å². The topological polar surface area (TPSA) is 56.5 Å². The van der Waals surface area contributed by atoms with Crippen LogP contribution in [0.15, 0.2) is 41.0 Å². The number of thiophene rings is 1. The average molecular weight is 324 g/mol. The second kappa shape index (κ2) is 6.34. The molecule has 0 N–H and O–H groups in total. The summed E-state index contributed by atoms with van der Waals surface area (Å²) in [7, 11) is 0. The highest BCUT2D eigenvalue weighted by molar-refractivity contribution is 7.98. The molecule has 0 saturated heterocycles. The Hall–Kier alpha value is -1.44. The number of nitrogens with zero attached hydrogens (tertiary/aromatic N) is 5. The zero-order chi connectivity index (χ0) is 13.8. The highest BCUT2D eigenvalue weighted by Crippen LogP contribution is 2.21. The van der Waals surface area contributed by atoms with Gasteiger partial charge in [0.15, 0.2) is 0 Å². The fraction of sp³-hybridized carbons (Fsp3) is 0.167. The van der Waals surface area contributed by atoms with E-state index in [4.69, 9.17) is 11.6 Å². The maximum Gasteiger partial charge on any atom is 0.209 e. The highest BCUT2D eigenvalue weighted by Gasteiger charge is 2.08. The van der Waals surface area contributed by atoms with Crippen LogP contribution in [0.2, 0.25) is 5.15 Å². The van der Waals surface area contributed by atoms with E-state index in [0.29, 0.717) is 11.7 Å². The van der Waals surface area contributed by atoms with E-state index in [1.807, 2.05) is 17.5 Å². The van der Waals surface area contributed by atoms with Gasteiger partial charge in [-0.05, 0) is 33.5 Å². The first-order chi connectivity index (χ1) is 9.81. The Balaban J connectivity index is 1.66. The lowest BCUT2D eigenvalue weighted by molar-refractivity contribution is 0.608. The highest BCUT2D eigenvalue weighted by atomic mass is 35.5. The van der Waals surface area contributed by atoms with E-state index in [1.165, 1.54) is 4.88 Å². The fourth-order valence-electron chi connectivity index (χ4n) is 1.59. The van der Waals surface area contributed by atoms with Crippen LogP contribution in [0.3, 0.4) is 0 Å². The van der Waals surface area contributed by atoms with Crippen molar-refractivity contribution in [3.8, 4) is 0 Å². The Labute approximate surface area is 129 Å². The Bertz CT molecular complexity index is 665. The zero-order valence-corrected chi connectivity index (χ0v) is 12.7. The van der Waals surface area contributed by atoms with Crippen LogP contribution in [0.1, 0.15) is 10.4 Å². The summed E-state index contributed by atoms with van der Waals surface area (Å²) < 4.78 is 1.81. The van der Waals surface area contributed by atoms with Gasteiger partial charge in [-0.1, -0.05) is 35.5 Å². The third-order valence-corrected chi connectivity index (χ3v) is 4.65. The van der Waals surface area contributed by atoms with Crippen LogP contribution < -0.4 is 0 Å². The second-order valence-electron chi connectivity index (χ2n) is 3.98. The van der Waals surface area contributed by atoms with E-state index in [9.17, 15) is 0 Å². The van der Waals surface area contributed by atoms with E-state index >= 15 is 0 Å². The fourth-order valence-corrected chi connectivity index (χ4v) is 3.20. The molecule has 3 aromatic heterocycles. The van der Waals surface area contributed by atoms with Gasteiger partial charge in [-0.15, -0.1) is 16.4 Å². The van der Waals surface area contributed by atoms with Crippen LogP contribution in [0, 0.1) is 0 Å². The summed E-state index contributed by atoms with van der Waals surface area (Å²) in [4.78, 5) is 5.29. The SMILES string of the molecule is Clc1ccc(CSc2nnnn2Cc2cccs2)cn1.